The molecule has 0 amide bonds. The monoisotopic (exact) mass is 158 g/mol. The molecular formula is C6H6O5. The van der Waals surface area contributed by atoms with Crippen molar-refractivity contribution in [3.8, 4) is 0 Å². The average Bonchev–Trinajstić information content (AvgIpc) is 1.87. The highest BCUT2D eigenvalue weighted by Gasteiger charge is 2.10. The number of rotatable bonds is 4. The highest BCUT2D eigenvalue weighted by Crippen LogP contribution is 1.88. The molecule has 0 rings (SSSR count). The molecule has 0 atom stereocenters. The van der Waals surface area contributed by atoms with Gasteiger partial charge in [-0.05, 0) is 6.92 Å². The maximum absolute atomic E-state index is 10.4. The van der Waals surface area contributed by atoms with Gasteiger partial charge in [0, 0.05) is 0 Å². The zero-order chi connectivity index (χ0) is 8.69. The third-order valence-electron chi connectivity index (χ3n) is 0.707. The van der Waals surface area contributed by atoms with E-state index in [4.69, 9.17) is 0 Å². The van der Waals surface area contributed by atoms with Crippen LogP contribution >= 0.6 is 0 Å². The van der Waals surface area contributed by atoms with E-state index in [1.165, 1.54) is 0 Å². The van der Waals surface area contributed by atoms with Crippen LogP contribution in [0, 0.1) is 6.92 Å². The summed E-state index contributed by atoms with van der Waals surface area (Å²) >= 11 is 0. The summed E-state index contributed by atoms with van der Waals surface area (Å²) in [7, 11) is 0. The molecular weight excluding hydrogens is 152 g/mol. The number of carbonyl (C=O) groups is 2. The number of carbonyl (C=O) groups excluding carboxylic acids is 3. The van der Waals surface area contributed by atoms with Crippen molar-refractivity contribution in [2.75, 3.05) is 6.61 Å². The van der Waals surface area contributed by atoms with E-state index in [-0.39, 0.29) is 6.61 Å². The third-order valence-corrected chi connectivity index (χ3v) is 0.707. The van der Waals surface area contributed by atoms with Crippen LogP contribution < -0.4 is 0 Å². The molecule has 0 aromatic rings. The van der Waals surface area contributed by atoms with E-state index in [2.05, 4.69) is 16.4 Å². The van der Waals surface area contributed by atoms with Crippen LogP contribution in [0.25, 0.3) is 0 Å². The van der Waals surface area contributed by atoms with E-state index in [9.17, 15) is 14.4 Å². The largest absolute Gasteiger partial charge is 0.465 e. The summed E-state index contributed by atoms with van der Waals surface area (Å²) in [6.45, 7) is 4.04. The van der Waals surface area contributed by atoms with Gasteiger partial charge in [0.2, 0.25) is 0 Å². The molecule has 5 nitrogen and oxygen atoms in total. The van der Waals surface area contributed by atoms with Gasteiger partial charge >= 0.3 is 18.4 Å². The summed E-state index contributed by atoms with van der Waals surface area (Å²) in [4.78, 5) is 30.2. The first-order chi connectivity index (χ1) is 5.20. The molecule has 0 aliphatic heterocycles. The van der Waals surface area contributed by atoms with Crippen molar-refractivity contribution in [1.29, 1.82) is 0 Å². The van der Waals surface area contributed by atoms with E-state index >= 15 is 0 Å². The van der Waals surface area contributed by atoms with Crippen molar-refractivity contribution in [1.82, 2.24) is 0 Å². The van der Waals surface area contributed by atoms with Crippen LogP contribution in [0.5, 0.6) is 0 Å². The van der Waals surface area contributed by atoms with Crippen molar-refractivity contribution in [2.45, 2.75) is 6.42 Å². The lowest BCUT2D eigenvalue weighted by atomic mass is 10.4. The van der Waals surface area contributed by atoms with Crippen molar-refractivity contribution in [3.05, 3.63) is 6.92 Å². The zero-order valence-electron chi connectivity index (χ0n) is 5.66. The third kappa shape index (κ3) is 5.07. The summed E-state index contributed by atoms with van der Waals surface area (Å²) < 4.78 is 7.97. The van der Waals surface area contributed by atoms with Gasteiger partial charge in [-0.15, -0.1) is 0 Å². The molecule has 0 bridgehead atoms. The van der Waals surface area contributed by atoms with Crippen molar-refractivity contribution in [3.63, 3.8) is 0 Å². The molecule has 0 saturated carbocycles. The highest BCUT2D eigenvalue weighted by atomic mass is 16.6. The maximum atomic E-state index is 10.4. The van der Waals surface area contributed by atoms with E-state index < -0.39 is 18.4 Å². The van der Waals surface area contributed by atoms with E-state index in [1.54, 1.807) is 0 Å². The van der Waals surface area contributed by atoms with Gasteiger partial charge in [0.1, 0.15) is 6.42 Å². The van der Waals surface area contributed by atoms with Gasteiger partial charge in [-0.1, -0.05) is 0 Å². The van der Waals surface area contributed by atoms with E-state index in [0.717, 1.165) is 6.47 Å². The van der Waals surface area contributed by atoms with Crippen molar-refractivity contribution >= 4 is 18.4 Å². The lowest BCUT2D eigenvalue weighted by Crippen LogP contribution is -2.12. The fourth-order valence-electron chi connectivity index (χ4n) is 0.365. The van der Waals surface area contributed by atoms with Crippen LogP contribution in [0.15, 0.2) is 0 Å². The van der Waals surface area contributed by atoms with E-state index in [0.29, 0.717) is 0 Å². The first-order valence-electron chi connectivity index (χ1n) is 2.72. The fourth-order valence-corrected chi connectivity index (χ4v) is 0.365. The minimum Gasteiger partial charge on any atom is -0.465 e. The van der Waals surface area contributed by atoms with Gasteiger partial charge in [-0.2, -0.15) is 0 Å². The Hall–Kier alpha value is -1.39. The molecule has 0 fully saturated rings. The number of ether oxygens (including phenoxy) is 2. The summed E-state index contributed by atoms with van der Waals surface area (Å²) in [5.74, 6) is -1.77. The van der Waals surface area contributed by atoms with Crippen LogP contribution in [0.2, 0.25) is 0 Å². The molecule has 0 N–H and O–H groups in total. The standard InChI is InChI=1S/C6H6O5/c1-2-10-5(8)3-6(9)11-4-7/h1-3H2. The molecule has 60 valence electrons. The molecule has 11 heavy (non-hydrogen) atoms. The van der Waals surface area contributed by atoms with Crippen LogP contribution in [-0.4, -0.2) is 25.0 Å². The van der Waals surface area contributed by atoms with Gasteiger partial charge in [-0.25, -0.2) is 4.79 Å². The smallest absolute Gasteiger partial charge is 0.425 e. The Morgan fingerprint density at radius 3 is 2.45 bits per heavy atom. The Morgan fingerprint density at radius 2 is 2.00 bits per heavy atom. The van der Waals surface area contributed by atoms with Crippen LogP contribution in [0.1, 0.15) is 6.42 Å². The maximum Gasteiger partial charge on any atom is 0.425 e. The lowest BCUT2D eigenvalue weighted by molar-refractivity contribution is -0.149. The molecule has 0 spiro atoms. The second-order valence-corrected chi connectivity index (χ2v) is 1.45. The second kappa shape index (κ2) is 5.40. The SMILES string of the molecule is [CH2]COC(=O)CC(=O)O[C]=O. The molecule has 0 aromatic heterocycles. The van der Waals surface area contributed by atoms with E-state index in [1.807, 2.05) is 0 Å². The molecule has 5 heteroatoms. The molecule has 2 radical (unpaired) electrons. The van der Waals surface area contributed by atoms with Gasteiger partial charge in [0.25, 0.3) is 0 Å². The molecule has 0 aromatic carbocycles. The summed E-state index contributed by atoms with van der Waals surface area (Å²) in [6, 6.07) is 0. The minimum atomic E-state index is -0.988. The zero-order valence-corrected chi connectivity index (χ0v) is 5.66. The molecule has 0 aliphatic carbocycles. The van der Waals surface area contributed by atoms with Crippen LogP contribution in [0.3, 0.4) is 0 Å². The molecule has 0 unspecified atom stereocenters. The normalized spacial score (nSPS) is 8.45. The average molecular weight is 158 g/mol. The van der Waals surface area contributed by atoms with Gasteiger partial charge < -0.3 is 9.47 Å². The van der Waals surface area contributed by atoms with Gasteiger partial charge in [0.05, 0.1) is 6.61 Å². The molecule has 0 heterocycles. The first kappa shape index (κ1) is 9.61. The predicted molar refractivity (Wildman–Crippen MR) is 32.7 cm³/mol. The van der Waals surface area contributed by atoms with Gasteiger partial charge in [-0.3, -0.25) is 9.59 Å². The predicted octanol–water partition coefficient (Wildman–Crippen LogP) is -0.636. The number of esters is 2. The highest BCUT2D eigenvalue weighted by molar-refractivity contribution is 5.93. The van der Waals surface area contributed by atoms with Crippen LogP contribution in [0.4, 0.5) is 0 Å². The van der Waals surface area contributed by atoms with Crippen molar-refractivity contribution < 1.29 is 23.9 Å². The Kier molecular flexibility index (Phi) is 4.72. The summed E-state index contributed by atoms with van der Waals surface area (Å²) in [5, 5.41) is 0. The van der Waals surface area contributed by atoms with Crippen molar-refractivity contribution in [2.24, 2.45) is 0 Å². The topological polar surface area (TPSA) is 69.7 Å². The quantitative estimate of drug-likeness (QED) is 0.402. The summed E-state index contributed by atoms with van der Waals surface area (Å²) in [5.41, 5.74) is 0. The second-order valence-electron chi connectivity index (χ2n) is 1.45. The summed E-state index contributed by atoms with van der Waals surface area (Å²) in [6.07, 6.45) is -0.593. The van der Waals surface area contributed by atoms with Gasteiger partial charge in [0.15, 0.2) is 0 Å². The number of hydrogen-bond donors (Lipinski definition) is 0. The first-order valence-corrected chi connectivity index (χ1v) is 2.72. The number of hydrogen-bond acceptors (Lipinski definition) is 5. The Balaban J connectivity index is 3.57. The molecule has 0 aliphatic rings. The van der Waals surface area contributed by atoms with Crippen LogP contribution in [-0.2, 0) is 23.9 Å². The Morgan fingerprint density at radius 1 is 1.36 bits per heavy atom. The Bertz CT molecular complexity index is 162. The Labute approximate surface area is 63.3 Å². The lowest BCUT2D eigenvalue weighted by Gasteiger charge is -1.97. The molecule has 0 saturated heterocycles. The minimum absolute atomic E-state index is 0.0586. The fraction of sp³-hybridized carbons (Fsp3) is 0.333.